The van der Waals surface area contributed by atoms with Crippen LogP contribution < -0.4 is 10.6 Å². The molecule has 0 aromatic heterocycles. The van der Waals surface area contributed by atoms with E-state index in [4.69, 9.17) is 0 Å². The maximum absolute atomic E-state index is 12.4. The molecule has 22 heavy (non-hydrogen) atoms. The van der Waals surface area contributed by atoms with Gasteiger partial charge in [-0.2, -0.15) is 17.0 Å². The summed E-state index contributed by atoms with van der Waals surface area (Å²) in [6.45, 7) is 0.867. The monoisotopic (exact) mass is 315 g/mol. The number of hydrogen-bond acceptors (Lipinski definition) is 4. The van der Waals surface area contributed by atoms with Crippen molar-refractivity contribution in [1.82, 2.24) is 10.6 Å². The van der Waals surface area contributed by atoms with Gasteiger partial charge in [0, 0.05) is 17.7 Å². The minimum Gasteiger partial charge on any atom is -0.336 e. The molecule has 0 bridgehead atoms. The Balaban J connectivity index is 1.57. The van der Waals surface area contributed by atoms with E-state index in [1.807, 2.05) is 18.2 Å². The van der Waals surface area contributed by atoms with E-state index in [2.05, 4.69) is 35.1 Å². The molecule has 1 amide bonds. The van der Waals surface area contributed by atoms with Gasteiger partial charge in [0.1, 0.15) is 5.54 Å². The van der Waals surface area contributed by atoms with Crippen LogP contribution >= 0.6 is 11.8 Å². The van der Waals surface area contributed by atoms with Gasteiger partial charge >= 0.3 is 0 Å². The SMILES string of the molecule is CS[C@@H]1CN[C@H](C(=O)NC2(C#N)CC2Cc2ccccc2)C1. The van der Waals surface area contributed by atoms with E-state index >= 15 is 0 Å². The molecule has 4 nitrogen and oxygen atoms in total. The number of amides is 1. The number of rotatable bonds is 5. The molecular formula is C17H21N3OS. The molecule has 2 unspecified atom stereocenters. The van der Waals surface area contributed by atoms with Crippen molar-refractivity contribution in [1.29, 1.82) is 5.26 Å². The summed E-state index contributed by atoms with van der Waals surface area (Å²) >= 11 is 1.79. The highest BCUT2D eigenvalue weighted by Gasteiger charge is 2.56. The van der Waals surface area contributed by atoms with Crippen LogP contribution in [0.3, 0.4) is 0 Å². The van der Waals surface area contributed by atoms with Crippen molar-refractivity contribution in [3.05, 3.63) is 35.9 Å². The Labute approximate surface area is 135 Å². The van der Waals surface area contributed by atoms with E-state index in [1.165, 1.54) is 5.56 Å². The lowest BCUT2D eigenvalue weighted by atomic mass is 10.1. The molecule has 2 N–H and O–H groups in total. The second kappa shape index (κ2) is 6.31. The second-order valence-electron chi connectivity index (χ2n) is 6.22. The van der Waals surface area contributed by atoms with Gasteiger partial charge < -0.3 is 10.6 Å². The molecule has 1 saturated heterocycles. The number of nitrogens with one attached hydrogen (secondary N) is 2. The fourth-order valence-electron chi connectivity index (χ4n) is 3.18. The third kappa shape index (κ3) is 3.13. The number of nitrogens with zero attached hydrogens (tertiary/aromatic N) is 1. The summed E-state index contributed by atoms with van der Waals surface area (Å²) in [6, 6.07) is 12.3. The zero-order chi connectivity index (χ0) is 15.6. The normalized spacial score (nSPS) is 33.2. The van der Waals surface area contributed by atoms with E-state index in [0.29, 0.717) is 5.25 Å². The smallest absolute Gasteiger partial charge is 0.238 e. The molecular weight excluding hydrogens is 294 g/mol. The van der Waals surface area contributed by atoms with Crippen molar-refractivity contribution < 1.29 is 4.79 Å². The molecule has 1 heterocycles. The molecule has 1 aliphatic heterocycles. The van der Waals surface area contributed by atoms with Crippen molar-refractivity contribution in [2.45, 2.75) is 36.1 Å². The summed E-state index contributed by atoms with van der Waals surface area (Å²) in [5.41, 5.74) is 0.562. The average molecular weight is 315 g/mol. The van der Waals surface area contributed by atoms with Crippen molar-refractivity contribution in [3.63, 3.8) is 0 Å². The molecule has 1 aromatic carbocycles. The predicted octanol–water partition coefficient (Wildman–Crippen LogP) is 1.72. The molecule has 5 heteroatoms. The summed E-state index contributed by atoms with van der Waals surface area (Å²) in [5.74, 6) is 0.204. The third-order valence-corrected chi connectivity index (χ3v) is 5.74. The van der Waals surface area contributed by atoms with E-state index < -0.39 is 5.54 Å². The van der Waals surface area contributed by atoms with Crippen LogP contribution in [0.2, 0.25) is 0 Å². The predicted molar refractivity (Wildman–Crippen MR) is 88.5 cm³/mol. The highest BCUT2D eigenvalue weighted by molar-refractivity contribution is 7.99. The number of carbonyl (C=O) groups excluding carboxylic acids is 1. The molecule has 4 atom stereocenters. The van der Waals surface area contributed by atoms with E-state index in [-0.39, 0.29) is 17.9 Å². The minimum atomic E-state index is -0.661. The standard InChI is InChI=1S/C17H21N3OS/c1-22-14-8-15(19-10-14)16(21)20-17(11-18)9-13(17)7-12-5-3-2-4-6-12/h2-6,13-15,19H,7-10H2,1H3,(H,20,21)/t13?,14-,15-,17?/m0/s1. The largest absolute Gasteiger partial charge is 0.336 e. The first-order valence-corrected chi connectivity index (χ1v) is 8.99. The van der Waals surface area contributed by atoms with Crippen molar-refractivity contribution in [2.24, 2.45) is 5.92 Å². The molecule has 116 valence electrons. The Hall–Kier alpha value is -1.51. The second-order valence-corrected chi connectivity index (χ2v) is 7.36. The van der Waals surface area contributed by atoms with Gasteiger partial charge in [-0.15, -0.1) is 0 Å². The summed E-state index contributed by atoms with van der Waals surface area (Å²) in [7, 11) is 0. The van der Waals surface area contributed by atoms with Gasteiger partial charge in [-0.3, -0.25) is 4.79 Å². The van der Waals surface area contributed by atoms with Crippen LogP contribution in [0.25, 0.3) is 0 Å². The molecule has 0 spiro atoms. The number of hydrogen-bond donors (Lipinski definition) is 2. The number of thioether (sulfide) groups is 1. The summed E-state index contributed by atoms with van der Waals surface area (Å²) in [6.07, 6.45) is 4.51. The zero-order valence-electron chi connectivity index (χ0n) is 12.7. The minimum absolute atomic E-state index is 0.0198. The van der Waals surface area contributed by atoms with E-state index in [0.717, 1.165) is 25.8 Å². The van der Waals surface area contributed by atoms with Crippen LogP contribution in [0.1, 0.15) is 18.4 Å². The van der Waals surface area contributed by atoms with Gasteiger partial charge in [-0.05, 0) is 31.1 Å². The van der Waals surface area contributed by atoms with E-state index in [1.54, 1.807) is 11.8 Å². The lowest BCUT2D eigenvalue weighted by Crippen LogP contribution is -2.47. The topological polar surface area (TPSA) is 64.9 Å². The highest BCUT2D eigenvalue weighted by Crippen LogP contribution is 2.45. The average Bonchev–Trinajstić information content (AvgIpc) is 3.00. The van der Waals surface area contributed by atoms with Gasteiger partial charge in [-0.1, -0.05) is 30.3 Å². The molecule has 0 radical (unpaired) electrons. The zero-order valence-corrected chi connectivity index (χ0v) is 13.5. The summed E-state index contributed by atoms with van der Waals surface area (Å²) < 4.78 is 0. The highest BCUT2D eigenvalue weighted by atomic mass is 32.2. The summed E-state index contributed by atoms with van der Waals surface area (Å²) in [4.78, 5) is 12.4. The lowest BCUT2D eigenvalue weighted by Gasteiger charge is -2.16. The molecule has 1 aromatic rings. The van der Waals surface area contributed by atoms with Crippen LogP contribution in [0.15, 0.2) is 30.3 Å². The molecule has 2 fully saturated rings. The Kier molecular flexibility index (Phi) is 4.42. The molecule has 1 saturated carbocycles. The Bertz CT molecular complexity index is 585. The maximum atomic E-state index is 12.4. The Morgan fingerprint density at radius 3 is 2.91 bits per heavy atom. The van der Waals surface area contributed by atoms with Gasteiger partial charge in [0.2, 0.25) is 5.91 Å². The fraction of sp³-hybridized carbons (Fsp3) is 0.529. The van der Waals surface area contributed by atoms with Crippen LogP contribution in [-0.2, 0) is 11.2 Å². The fourth-order valence-corrected chi connectivity index (χ4v) is 3.83. The molecule has 2 aliphatic rings. The van der Waals surface area contributed by atoms with Crippen LogP contribution in [0, 0.1) is 17.2 Å². The number of nitriles is 1. The molecule has 3 rings (SSSR count). The maximum Gasteiger partial charge on any atom is 0.238 e. The summed E-state index contributed by atoms with van der Waals surface area (Å²) in [5, 5.41) is 16.3. The van der Waals surface area contributed by atoms with Gasteiger partial charge in [0.05, 0.1) is 12.1 Å². The van der Waals surface area contributed by atoms with Crippen molar-refractivity contribution in [2.75, 3.05) is 12.8 Å². The van der Waals surface area contributed by atoms with Crippen LogP contribution in [0.4, 0.5) is 0 Å². The van der Waals surface area contributed by atoms with Gasteiger partial charge in [0.25, 0.3) is 0 Å². The number of carbonyl (C=O) groups is 1. The third-order valence-electron chi connectivity index (χ3n) is 4.72. The van der Waals surface area contributed by atoms with Gasteiger partial charge in [0.15, 0.2) is 0 Å². The Morgan fingerprint density at radius 1 is 1.50 bits per heavy atom. The first-order valence-electron chi connectivity index (χ1n) is 7.70. The Morgan fingerprint density at radius 2 is 2.27 bits per heavy atom. The first-order chi connectivity index (χ1) is 10.7. The number of benzene rings is 1. The van der Waals surface area contributed by atoms with E-state index in [9.17, 15) is 10.1 Å². The molecule has 1 aliphatic carbocycles. The van der Waals surface area contributed by atoms with Crippen LogP contribution in [0.5, 0.6) is 0 Å². The van der Waals surface area contributed by atoms with Crippen molar-refractivity contribution in [3.8, 4) is 6.07 Å². The van der Waals surface area contributed by atoms with Crippen LogP contribution in [-0.4, -0.2) is 35.5 Å². The van der Waals surface area contributed by atoms with Gasteiger partial charge in [-0.25, -0.2) is 0 Å². The van der Waals surface area contributed by atoms with Crippen molar-refractivity contribution >= 4 is 17.7 Å². The quantitative estimate of drug-likeness (QED) is 0.868. The first kappa shape index (κ1) is 15.4. The lowest BCUT2D eigenvalue weighted by molar-refractivity contribution is -0.123.